The highest BCUT2D eigenvalue weighted by Crippen LogP contribution is 2.42. The molecule has 102 valence electrons. The van der Waals surface area contributed by atoms with Crippen LogP contribution in [0, 0.1) is 11.8 Å². The van der Waals surface area contributed by atoms with Crippen LogP contribution in [0.1, 0.15) is 37.4 Å². The first-order chi connectivity index (χ1) is 8.39. The summed E-state index contributed by atoms with van der Waals surface area (Å²) in [6, 6.07) is 1.62. The van der Waals surface area contributed by atoms with Crippen molar-refractivity contribution in [2.45, 2.75) is 37.9 Å². The zero-order valence-electron chi connectivity index (χ0n) is 10.3. The Balaban J connectivity index is 1.96. The third-order valence-electron chi connectivity index (χ3n) is 3.94. The second-order valence-electron chi connectivity index (χ2n) is 5.06. The molecule has 1 aliphatic carbocycles. The van der Waals surface area contributed by atoms with Crippen molar-refractivity contribution >= 4 is 0 Å². The van der Waals surface area contributed by atoms with Crippen LogP contribution in [0.25, 0.3) is 0 Å². The molecule has 0 aromatic carbocycles. The van der Waals surface area contributed by atoms with Crippen LogP contribution in [0.4, 0.5) is 13.2 Å². The van der Waals surface area contributed by atoms with E-state index < -0.39 is 12.1 Å². The maximum Gasteiger partial charge on any atom is 0.391 e. The highest BCUT2D eigenvalue weighted by molar-refractivity contribution is 5.07. The lowest BCUT2D eigenvalue weighted by molar-refractivity contribution is -0.184. The Labute approximate surface area is 104 Å². The number of aryl methyl sites for hydroxylation is 1. The van der Waals surface area contributed by atoms with Crippen molar-refractivity contribution in [2.24, 2.45) is 24.6 Å². The van der Waals surface area contributed by atoms with Crippen LogP contribution < -0.4 is 5.73 Å². The summed E-state index contributed by atoms with van der Waals surface area (Å²) in [5.41, 5.74) is 7.02. The number of alkyl halides is 3. The molecule has 1 unspecified atom stereocenters. The minimum absolute atomic E-state index is 0.124. The number of nitrogens with two attached hydrogens (primary N) is 1. The quantitative estimate of drug-likeness (QED) is 0.889. The van der Waals surface area contributed by atoms with Crippen LogP contribution >= 0.6 is 0 Å². The van der Waals surface area contributed by atoms with E-state index >= 15 is 0 Å². The van der Waals surface area contributed by atoms with Gasteiger partial charge < -0.3 is 5.73 Å². The lowest BCUT2D eigenvalue weighted by Gasteiger charge is -2.32. The Hall–Kier alpha value is -1.04. The third-order valence-corrected chi connectivity index (χ3v) is 3.94. The average molecular weight is 261 g/mol. The summed E-state index contributed by atoms with van der Waals surface area (Å²) >= 11 is 0. The van der Waals surface area contributed by atoms with Crippen molar-refractivity contribution in [3.05, 3.63) is 18.0 Å². The zero-order valence-corrected chi connectivity index (χ0v) is 10.3. The van der Waals surface area contributed by atoms with Gasteiger partial charge in [0.1, 0.15) is 0 Å². The molecule has 0 bridgehead atoms. The topological polar surface area (TPSA) is 43.8 Å². The van der Waals surface area contributed by atoms with Gasteiger partial charge in [-0.25, -0.2) is 0 Å². The standard InChI is InChI=1S/C12H18F3N3/c1-18-10(6-7-17-18)11(16)8-2-4-9(5-3-8)12(13,14)15/h6-9,11H,2-5,16H2,1H3. The molecular formula is C12H18F3N3. The van der Waals surface area contributed by atoms with Gasteiger partial charge in [0.2, 0.25) is 0 Å². The molecule has 1 heterocycles. The fourth-order valence-electron chi connectivity index (χ4n) is 2.76. The molecule has 0 spiro atoms. The molecule has 2 N–H and O–H groups in total. The molecule has 1 aromatic heterocycles. The third kappa shape index (κ3) is 2.68. The number of halogens is 3. The van der Waals surface area contributed by atoms with E-state index in [0.29, 0.717) is 12.8 Å². The summed E-state index contributed by atoms with van der Waals surface area (Å²) in [4.78, 5) is 0. The molecule has 2 rings (SSSR count). The molecule has 3 nitrogen and oxygen atoms in total. The number of hydrogen-bond donors (Lipinski definition) is 1. The second-order valence-corrected chi connectivity index (χ2v) is 5.06. The van der Waals surface area contributed by atoms with E-state index in [0.717, 1.165) is 5.69 Å². The van der Waals surface area contributed by atoms with E-state index in [4.69, 9.17) is 5.73 Å². The maximum absolute atomic E-state index is 12.6. The molecule has 18 heavy (non-hydrogen) atoms. The summed E-state index contributed by atoms with van der Waals surface area (Å²) in [5.74, 6) is -1.02. The van der Waals surface area contributed by atoms with Crippen LogP contribution in [0.3, 0.4) is 0 Å². The van der Waals surface area contributed by atoms with Crippen molar-refractivity contribution in [1.29, 1.82) is 0 Å². The molecule has 1 aliphatic rings. The average Bonchev–Trinajstić information content (AvgIpc) is 2.73. The van der Waals surface area contributed by atoms with Gasteiger partial charge in [-0.05, 0) is 37.7 Å². The molecule has 1 fully saturated rings. The van der Waals surface area contributed by atoms with Gasteiger partial charge in [0.05, 0.1) is 11.6 Å². The highest BCUT2D eigenvalue weighted by atomic mass is 19.4. The van der Waals surface area contributed by atoms with E-state index in [1.807, 2.05) is 6.07 Å². The molecule has 0 aliphatic heterocycles. The molecular weight excluding hydrogens is 243 g/mol. The van der Waals surface area contributed by atoms with Crippen LogP contribution in [-0.2, 0) is 7.05 Å². The van der Waals surface area contributed by atoms with Crippen molar-refractivity contribution in [1.82, 2.24) is 9.78 Å². The minimum Gasteiger partial charge on any atom is -0.322 e. The molecule has 6 heteroatoms. The van der Waals surface area contributed by atoms with Gasteiger partial charge in [-0.15, -0.1) is 0 Å². The van der Waals surface area contributed by atoms with E-state index in [2.05, 4.69) is 5.10 Å². The van der Waals surface area contributed by atoms with Gasteiger partial charge in [-0.2, -0.15) is 18.3 Å². The van der Waals surface area contributed by atoms with Gasteiger partial charge in [0.15, 0.2) is 0 Å². The van der Waals surface area contributed by atoms with Gasteiger partial charge in [0, 0.05) is 19.3 Å². The van der Waals surface area contributed by atoms with Gasteiger partial charge in [0.25, 0.3) is 0 Å². The Kier molecular flexibility index (Phi) is 3.66. The molecule has 1 saturated carbocycles. The lowest BCUT2D eigenvalue weighted by Crippen LogP contribution is -2.32. The largest absolute Gasteiger partial charge is 0.391 e. The molecule has 1 atom stereocenters. The van der Waals surface area contributed by atoms with Crippen LogP contribution in [0.15, 0.2) is 12.3 Å². The van der Waals surface area contributed by atoms with Crippen molar-refractivity contribution in [3.63, 3.8) is 0 Å². The number of aromatic nitrogens is 2. The van der Waals surface area contributed by atoms with E-state index in [1.54, 1.807) is 17.9 Å². The van der Waals surface area contributed by atoms with Crippen molar-refractivity contribution in [2.75, 3.05) is 0 Å². The predicted molar refractivity (Wildman–Crippen MR) is 61.6 cm³/mol. The number of rotatable bonds is 2. The first-order valence-corrected chi connectivity index (χ1v) is 6.19. The smallest absolute Gasteiger partial charge is 0.322 e. The summed E-state index contributed by atoms with van der Waals surface area (Å²) in [6.07, 6.45) is -0.926. The first kappa shape index (κ1) is 13.4. The Bertz CT molecular complexity index is 392. The van der Waals surface area contributed by atoms with Gasteiger partial charge >= 0.3 is 6.18 Å². The number of nitrogens with zero attached hydrogens (tertiary/aromatic N) is 2. The van der Waals surface area contributed by atoms with Crippen LogP contribution in [-0.4, -0.2) is 16.0 Å². The van der Waals surface area contributed by atoms with E-state index in [9.17, 15) is 13.2 Å². The minimum atomic E-state index is -4.05. The second kappa shape index (κ2) is 4.91. The fraction of sp³-hybridized carbons (Fsp3) is 0.750. The molecule has 1 aromatic rings. The van der Waals surface area contributed by atoms with E-state index in [-0.39, 0.29) is 24.8 Å². The van der Waals surface area contributed by atoms with Crippen LogP contribution in [0.5, 0.6) is 0 Å². The maximum atomic E-state index is 12.6. The SMILES string of the molecule is Cn1nccc1C(N)C1CCC(C(F)(F)F)CC1. The fourth-order valence-corrected chi connectivity index (χ4v) is 2.76. The highest BCUT2D eigenvalue weighted by Gasteiger charge is 2.42. The van der Waals surface area contributed by atoms with Gasteiger partial charge in [-0.1, -0.05) is 0 Å². The molecule has 0 amide bonds. The molecule has 0 radical (unpaired) electrons. The summed E-state index contributed by atoms with van der Waals surface area (Å²) in [7, 11) is 1.80. The summed E-state index contributed by atoms with van der Waals surface area (Å²) < 4.78 is 39.4. The van der Waals surface area contributed by atoms with E-state index in [1.165, 1.54) is 0 Å². The Morgan fingerprint density at radius 3 is 2.39 bits per heavy atom. The van der Waals surface area contributed by atoms with Crippen molar-refractivity contribution < 1.29 is 13.2 Å². The summed E-state index contributed by atoms with van der Waals surface area (Å²) in [6.45, 7) is 0. The monoisotopic (exact) mass is 261 g/mol. The molecule has 0 saturated heterocycles. The lowest BCUT2D eigenvalue weighted by atomic mass is 9.77. The van der Waals surface area contributed by atoms with Gasteiger partial charge in [-0.3, -0.25) is 4.68 Å². The zero-order chi connectivity index (χ0) is 13.3. The van der Waals surface area contributed by atoms with Crippen molar-refractivity contribution in [3.8, 4) is 0 Å². The predicted octanol–water partition coefficient (Wildman–Crippen LogP) is 2.79. The summed E-state index contributed by atoms with van der Waals surface area (Å²) in [5, 5.41) is 4.04. The normalized spacial score (nSPS) is 27.2. The Morgan fingerprint density at radius 1 is 1.33 bits per heavy atom. The Morgan fingerprint density at radius 2 is 1.94 bits per heavy atom. The van der Waals surface area contributed by atoms with Crippen LogP contribution in [0.2, 0.25) is 0 Å². The number of hydrogen-bond acceptors (Lipinski definition) is 2. The first-order valence-electron chi connectivity index (χ1n) is 6.19.